The molecule has 0 aliphatic heterocycles. The molecule has 0 bridgehead atoms. The van der Waals surface area contributed by atoms with Gasteiger partial charge in [0.2, 0.25) is 0 Å². The van der Waals surface area contributed by atoms with Crippen LogP contribution in [-0.4, -0.2) is 12.6 Å². The normalized spacial score (nSPS) is 8.80. The zero-order valence-electron chi connectivity index (χ0n) is 5.49. The third-order valence-electron chi connectivity index (χ3n) is 1.18. The Balaban J connectivity index is 2.95. The van der Waals surface area contributed by atoms with Gasteiger partial charge in [0, 0.05) is 5.56 Å². The maximum atomic E-state index is 9.02. The fourth-order valence-electron chi connectivity index (χ4n) is 0.679. The summed E-state index contributed by atoms with van der Waals surface area (Å²) in [4.78, 5) is 3.38. The lowest BCUT2D eigenvalue weighted by molar-refractivity contribution is 1.55. The summed E-state index contributed by atoms with van der Waals surface area (Å²) in [6.45, 7) is 3.20. The van der Waals surface area contributed by atoms with E-state index in [9.17, 15) is 0 Å². The molecule has 49 valence electrons. The smallest absolute Gasteiger partial charge is 0.181 e. The lowest BCUT2D eigenvalue weighted by atomic mass is 10.2. The van der Waals surface area contributed by atoms with Crippen LogP contribution in [0, 0.1) is 0 Å². The zero-order chi connectivity index (χ0) is 7.40. The molecule has 0 heterocycles. The Kier molecular flexibility index (Phi) is 1.95. The number of aliphatic imine (C=N–C) groups is 1. The predicted molar refractivity (Wildman–Crippen MR) is 42.2 cm³/mol. The topological polar surface area (TPSA) is 34.7 Å². The average Bonchev–Trinajstić information content (AvgIpc) is 2.05. The summed E-state index contributed by atoms with van der Waals surface area (Å²) in [6.07, 6.45) is 0. The van der Waals surface area contributed by atoms with Crippen molar-refractivity contribution in [3.8, 4) is 0 Å². The van der Waals surface area contributed by atoms with Gasteiger partial charge in [0.15, 0.2) is 5.84 Å². The third-order valence-corrected chi connectivity index (χ3v) is 1.18. The summed E-state index contributed by atoms with van der Waals surface area (Å²) in [6, 6.07) is 9.07. The van der Waals surface area contributed by atoms with E-state index in [1.165, 1.54) is 0 Å². The highest BCUT2D eigenvalue weighted by atomic mass is 14.8. The molecule has 0 unspecified atom stereocenters. The standard InChI is InChI=1S/C8H7N2/c1-10-8(9)7-5-3-2-4-6-7/h2-6H,1H2. The van der Waals surface area contributed by atoms with Gasteiger partial charge in [-0.1, -0.05) is 30.3 Å². The molecule has 2 heteroatoms. The van der Waals surface area contributed by atoms with E-state index >= 15 is 0 Å². The first-order valence-electron chi connectivity index (χ1n) is 2.92. The van der Waals surface area contributed by atoms with Crippen LogP contribution in [0.15, 0.2) is 35.3 Å². The van der Waals surface area contributed by atoms with E-state index in [1.807, 2.05) is 18.2 Å². The van der Waals surface area contributed by atoms with Crippen LogP contribution in [0.2, 0.25) is 0 Å². The lowest BCUT2D eigenvalue weighted by Crippen LogP contribution is -1.95. The van der Waals surface area contributed by atoms with E-state index < -0.39 is 0 Å². The molecule has 10 heavy (non-hydrogen) atoms. The Morgan fingerprint density at radius 3 is 2.40 bits per heavy atom. The summed E-state index contributed by atoms with van der Waals surface area (Å²) >= 11 is 0. The first-order chi connectivity index (χ1) is 4.84. The minimum atomic E-state index is -0.0272. The Labute approximate surface area is 59.7 Å². The van der Waals surface area contributed by atoms with Crippen molar-refractivity contribution in [1.82, 2.24) is 5.41 Å². The van der Waals surface area contributed by atoms with Gasteiger partial charge in [-0.05, 0) is 6.72 Å². The van der Waals surface area contributed by atoms with Crippen LogP contribution in [-0.2, 0) is 0 Å². The van der Waals surface area contributed by atoms with Gasteiger partial charge in [-0.3, -0.25) is 0 Å². The number of nitrogens with zero attached hydrogens (tertiary/aromatic N) is 2. The SMILES string of the molecule is C=NC(=[N])c1ccccc1. The molecule has 1 aromatic rings. The Morgan fingerprint density at radius 2 is 1.90 bits per heavy atom. The van der Waals surface area contributed by atoms with Gasteiger partial charge in [-0.25, -0.2) is 4.99 Å². The van der Waals surface area contributed by atoms with Crippen LogP contribution in [0.4, 0.5) is 0 Å². The van der Waals surface area contributed by atoms with Crippen LogP contribution < -0.4 is 5.41 Å². The number of hydrogen-bond acceptors (Lipinski definition) is 0. The quantitative estimate of drug-likeness (QED) is 0.401. The van der Waals surface area contributed by atoms with Crippen molar-refractivity contribution in [3.63, 3.8) is 0 Å². The van der Waals surface area contributed by atoms with E-state index in [-0.39, 0.29) is 5.84 Å². The Hall–Kier alpha value is -1.44. The van der Waals surface area contributed by atoms with Crippen LogP contribution in [0.5, 0.6) is 0 Å². The number of amidine groups is 1. The molecule has 0 spiro atoms. The van der Waals surface area contributed by atoms with E-state index in [0.29, 0.717) is 5.56 Å². The molecule has 0 saturated heterocycles. The first-order valence-corrected chi connectivity index (χ1v) is 2.92. The van der Waals surface area contributed by atoms with Crippen LogP contribution >= 0.6 is 0 Å². The molecule has 0 amide bonds. The second-order valence-corrected chi connectivity index (χ2v) is 1.85. The second-order valence-electron chi connectivity index (χ2n) is 1.85. The van der Waals surface area contributed by atoms with Gasteiger partial charge in [0.05, 0.1) is 0 Å². The molecule has 0 N–H and O–H groups in total. The van der Waals surface area contributed by atoms with E-state index in [2.05, 4.69) is 11.7 Å². The van der Waals surface area contributed by atoms with Gasteiger partial charge in [0.1, 0.15) is 0 Å². The number of benzene rings is 1. The minimum Gasteiger partial charge on any atom is -0.243 e. The van der Waals surface area contributed by atoms with Crippen molar-refractivity contribution in [1.29, 1.82) is 0 Å². The van der Waals surface area contributed by atoms with E-state index in [4.69, 9.17) is 5.41 Å². The van der Waals surface area contributed by atoms with E-state index in [0.717, 1.165) is 0 Å². The molecule has 2 nitrogen and oxygen atoms in total. The molecule has 0 aliphatic rings. The maximum Gasteiger partial charge on any atom is 0.181 e. The monoisotopic (exact) mass is 131 g/mol. The van der Waals surface area contributed by atoms with Gasteiger partial charge < -0.3 is 0 Å². The fourth-order valence-corrected chi connectivity index (χ4v) is 0.679. The van der Waals surface area contributed by atoms with Gasteiger partial charge >= 0.3 is 0 Å². The average molecular weight is 131 g/mol. The molecule has 0 aliphatic carbocycles. The largest absolute Gasteiger partial charge is 0.243 e. The molecule has 1 rings (SSSR count). The summed E-state index contributed by atoms with van der Waals surface area (Å²) in [7, 11) is 0. The van der Waals surface area contributed by atoms with Crippen molar-refractivity contribution in [2.45, 2.75) is 0 Å². The van der Waals surface area contributed by atoms with Crippen molar-refractivity contribution in [2.75, 3.05) is 0 Å². The van der Waals surface area contributed by atoms with Gasteiger partial charge in [0.25, 0.3) is 0 Å². The first kappa shape index (κ1) is 6.68. The second kappa shape index (κ2) is 2.92. The summed E-state index contributed by atoms with van der Waals surface area (Å²) < 4.78 is 0. The zero-order valence-corrected chi connectivity index (χ0v) is 5.49. The lowest BCUT2D eigenvalue weighted by Gasteiger charge is -1.92. The summed E-state index contributed by atoms with van der Waals surface area (Å²) in [5.74, 6) is -0.0272. The molecule has 0 fully saturated rings. The summed E-state index contributed by atoms with van der Waals surface area (Å²) in [5, 5.41) is 9.02. The highest BCUT2D eigenvalue weighted by Gasteiger charge is 1.94. The summed E-state index contributed by atoms with van der Waals surface area (Å²) in [5.41, 5.74) is 0.692. The van der Waals surface area contributed by atoms with Crippen LogP contribution in [0.25, 0.3) is 0 Å². The van der Waals surface area contributed by atoms with Crippen molar-refractivity contribution >= 4 is 12.6 Å². The van der Waals surface area contributed by atoms with Gasteiger partial charge in [-0.15, -0.1) is 5.41 Å². The Morgan fingerprint density at radius 1 is 1.30 bits per heavy atom. The molecule has 1 aromatic carbocycles. The maximum absolute atomic E-state index is 9.02. The highest BCUT2D eigenvalue weighted by Crippen LogP contribution is 1.97. The molecular formula is C8H7N2. The third kappa shape index (κ3) is 1.29. The molecular weight excluding hydrogens is 124 g/mol. The molecule has 0 aromatic heterocycles. The molecule has 0 atom stereocenters. The number of rotatable bonds is 1. The highest BCUT2D eigenvalue weighted by molar-refractivity contribution is 5.99. The minimum absolute atomic E-state index is 0.0272. The van der Waals surface area contributed by atoms with Gasteiger partial charge in [-0.2, -0.15) is 0 Å². The van der Waals surface area contributed by atoms with Crippen molar-refractivity contribution in [2.24, 2.45) is 4.99 Å². The van der Waals surface area contributed by atoms with Crippen molar-refractivity contribution < 1.29 is 0 Å². The Bertz CT molecular complexity index is 239. The fraction of sp³-hybridized carbons (Fsp3) is 0. The number of hydrogen-bond donors (Lipinski definition) is 0. The van der Waals surface area contributed by atoms with Crippen molar-refractivity contribution in [3.05, 3.63) is 35.9 Å². The van der Waals surface area contributed by atoms with E-state index in [1.54, 1.807) is 12.1 Å². The predicted octanol–water partition coefficient (Wildman–Crippen LogP) is 0.934. The molecule has 0 saturated carbocycles. The molecule has 1 radical (unpaired) electrons. The van der Waals surface area contributed by atoms with Crippen LogP contribution in [0.3, 0.4) is 0 Å². The van der Waals surface area contributed by atoms with Crippen LogP contribution in [0.1, 0.15) is 5.56 Å².